The molecule has 126 valence electrons. The first kappa shape index (κ1) is 17.1. The zero-order valence-corrected chi connectivity index (χ0v) is 14.3. The van der Waals surface area contributed by atoms with Crippen molar-refractivity contribution in [3.05, 3.63) is 0 Å². The number of likely N-dealkylation sites (tertiary alicyclic amines) is 1. The van der Waals surface area contributed by atoms with Crippen molar-refractivity contribution < 1.29 is 14.3 Å². The van der Waals surface area contributed by atoms with Gasteiger partial charge in [-0.1, -0.05) is 0 Å². The Balaban J connectivity index is 2.02. The summed E-state index contributed by atoms with van der Waals surface area (Å²) in [6.45, 7) is 9.45. The van der Waals surface area contributed by atoms with Crippen molar-refractivity contribution in [2.75, 3.05) is 39.8 Å². The fourth-order valence-electron chi connectivity index (χ4n) is 2.96. The largest absolute Gasteiger partial charge is 0.444 e. The van der Waals surface area contributed by atoms with Crippen LogP contribution >= 0.6 is 0 Å². The second kappa shape index (κ2) is 6.86. The molecule has 2 amide bonds. The maximum absolute atomic E-state index is 12.8. The van der Waals surface area contributed by atoms with E-state index in [2.05, 4.69) is 11.9 Å². The summed E-state index contributed by atoms with van der Waals surface area (Å²) in [6, 6.07) is -0.355. The third-order valence-corrected chi connectivity index (χ3v) is 4.23. The summed E-state index contributed by atoms with van der Waals surface area (Å²) >= 11 is 0. The van der Waals surface area contributed by atoms with E-state index in [1.807, 2.05) is 25.7 Å². The smallest absolute Gasteiger partial charge is 0.410 e. The Morgan fingerprint density at radius 2 is 1.64 bits per heavy atom. The Bertz CT molecular complexity index is 411. The molecule has 0 radical (unpaired) electrons. The molecule has 0 saturated carbocycles. The van der Waals surface area contributed by atoms with Crippen LogP contribution in [0.3, 0.4) is 0 Å². The summed E-state index contributed by atoms with van der Waals surface area (Å²) in [7, 11) is 2.06. The quantitative estimate of drug-likeness (QED) is 0.737. The summed E-state index contributed by atoms with van der Waals surface area (Å²) in [5.41, 5.74) is -0.532. The minimum atomic E-state index is -0.532. The van der Waals surface area contributed by atoms with Crippen LogP contribution in [0.5, 0.6) is 0 Å². The number of rotatable bonds is 1. The van der Waals surface area contributed by atoms with Gasteiger partial charge in [0.2, 0.25) is 5.91 Å². The second-order valence-electron chi connectivity index (χ2n) is 7.31. The van der Waals surface area contributed by atoms with Crippen molar-refractivity contribution >= 4 is 12.0 Å². The van der Waals surface area contributed by atoms with Crippen molar-refractivity contribution in [2.24, 2.45) is 0 Å². The molecule has 0 N–H and O–H groups in total. The van der Waals surface area contributed by atoms with E-state index in [1.54, 1.807) is 4.90 Å². The van der Waals surface area contributed by atoms with E-state index in [9.17, 15) is 9.59 Å². The normalized spacial score (nSPS) is 24.3. The van der Waals surface area contributed by atoms with Gasteiger partial charge in [-0.2, -0.15) is 0 Å². The Labute approximate surface area is 133 Å². The molecule has 6 nitrogen and oxygen atoms in total. The lowest BCUT2D eigenvalue weighted by Gasteiger charge is -2.40. The number of carbonyl (C=O) groups is 2. The molecule has 22 heavy (non-hydrogen) atoms. The van der Waals surface area contributed by atoms with Gasteiger partial charge in [-0.15, -0.1) is 0 Å². The van der Waals surface area contributed by atoms with Crippen LogP contribution in [0.15, 0.2) is 0 Å². The number of hydrogen-bond donors (Lipinski definition) is 0. The van der Waals surface area contributed by atoms with Gasteiger partial charge in [-0.3, -0.25) is 9.69 Å². The predicted octanol–water partition coefficient (Wildman–Crippen LogP) is 1.55. The number of piperidine rings is 1. The van der Waals surface area contributed by atoms with E-state index >= 15 is 0 Å². The van der Waals surface area contributed by atoms with Crippen LogP contribution in [0.2, 0.25) is 0 Å². The molecule has 2 aliphatic rings. The zero-order valence-electron chi connectivity index (χ0n) is 14.3. The Kier molecular flexibility index (Phi) is 5.32. The molecule has 0 aliphatic carbocycles. The van der Waals surface area contributed by atoms with Crippen LogP contribution in [-0.4, -0.2) is 78.1 Å². The van der Waals surface area contributed by atoms with Crippen LogP contribution < -0.4 is 0 Å². The van der Waals surface area contributed by atoms with E-state index < -0.39 is 5.60 Å². The summed E-state index contributed by atoms with van der Waals surface area (Å²) in [4.78, 5) is 30.9. The van der Waals surface area contributed by atoms with E-state index in [1.165, 1.54) is 0 Å². The minimum absolute atomic E-state index is 0.0821. The Morgan fingerprint density at radius 3 is 2.23 bits per heavy atom. The van der Waals surface area contributed by atoms with Crippen molar-refractivity contribution in [1.29, 1.82) is 0 Å². The van der Waals surface area contributed by atoms with Gasteiger partial charge >= 0.3 is 6.09 Å². The first-order valence-corrected chi connectivity index (χ1v) is 8.25. The minimum Gasteiger partial charge on any atom is -0.444 e. The highest BCUT2D eigenvalue weighted by atomic mass is 16.6. The average molecular weight is 311 g/mol. The van der Waals surface area contributed by atoms with Gasteiger partial charge < -0.3 is 14.5 Å². The predicted molar refractivity (Wildman–Crippen MR) is 84.7 cm³/mol. The fraction of sp³-hybridized carbons (Fsp3) is 0.875. The highest BCUT2D eigenvalue weighted by Gasteiger charge is 2.37. The summed E-state index contributed by atoms with van der Waals surface area (Å²) in [5.74, 6) is 0.0821. The molecule has 2 heterocycles. The number of carbonyl (C=O) groups excluding carboxylic acids is 2. The van der Waals surface area contributed by atoms with Crippen molar-refractivity contribution in [1.82, 2.24) is 14.7 Å². The van der Waals surface area contributed by atoms with Gasteiger partial charge in [0.15, 0.2) is 0 Å². The molecule has 6 heteroatoms. The molecule has 2 saturated heterocycles. The number of amides is 2. The molecule has 0 aromatic carbocycles. The highest BCUT2D eigenvalue weighted by Crippen LogP contribution is 2.22. The number of ether oxygens (including phenoxy) is 1. The topological polar surface area (TPSA) is 53.1 Å². The molecule has 0 bridgehead atoms. The lowest BCUT2D eigenvalue weighted by molar-refractivity contribution is -0.139. The molecule has 0 aromatic rings. The van der Waals surface area contributed by atoms with Crippen LogP contribution in [0.25, 0.3) is 0 Å². The molecule has 0 unspecified atom stereocenters. The third kappa shape index (κ3) is 4.35. The van der Waals surface area contributed by atoms with Gasteiger partial charge in [0.05, 0.1) is 0 Å². The van der Waals surface area contributed by atoms with Crippen molar-refractivity contribution in [2.45, 2.75) is 51.7 Å². The molecule has 2 aliphatic heterocycles. The standard InChI is InChI=1S/C16H29N3O3/c1-16(2,3)22-15(21)19-8-6-5-7-13(19)14(20)18-11-9-17(4)10-12-18/h13H,5-12H2,1-4H3/t13-/m1/s1. The maximum atomic E-state index is 12.8. The number of hydrogen-bond acceptors (Lipinski definition) is 4. The molecule has 0 aromatic heterocycles. The van der Waals surface area contributed by atoms with Crippen LogP contribution in [0, 0.1) is 0 Å². The van der Waals surface area contributed by atoms with Crippen LogP contribution in [0.4, 0.5) is 4.79 Å². The monoisotopic (exact) mass is 311 g/mol. The van der Waals surface area contributed by atoms with E-state index in [0.717, 1.165) is 45.4 Å². The van der Waals surface area contributed by atoms with Gasteiger partial charge in [0.25, 0.3) is 0 Å². The maximum Gasteiger partial charge on any atom is 0.410 e. The lowest BCUT2D eigenvalue weighted by atomic mass is 10.0. The van der Waals surface area contributed by atoms with Crippen LogP contribution in [0.1, 0.15) is 40.0 Å². The van der Waals surface area contributed by atoms with Gasteiger partial charge in [0.1, 0.15) is 11.6 Å². The Hall–Kier alpha value is -1.30. The molecule has 0 spiro atoms. The second-order valence-corrected chi connectivity index (χ2v) is 7.31. The summed E-state index contributed by atoms with van der Waals surface area (Å²) in [6.07, 6.45) is 2.30. The van der Waals surface area contributed by atoms with Gasteiger partial charge in [-0.25, -0.2) is 4.79 Å². The first-order valence-electron chi connectivity index (χ1n) is 8.25. The molecule has 1 atom stereocenters. The van der Waals surface area contributed by atoms with Crippen molar-refractivity contribution in [3.63, 3.8) is 0 Å². The first-order chi connectivity index (χ1) is 10.3. The highest BCUT2D eigenvalue weighted by molar-refractivity contribution is 5.86. The number of piperazine rings is 1. The molecule has 2 fully saturated rings. The number of likely N-dealkylation sites (N-methyl/N-ethyl adjacent to an activating group) is 1. The lowest BCUT2D eigenvalue weighted by Crippen LogP contribution is -2.57. The SMILES string of the molecule is CN1CCN(C(=O)[C@H]2CCCCN2C(=O)OC(C)(C)C)CC1. The van der Waals surface area contributed by atoms with E-state index in [0.29, 0.717) is 6.54 Å². The zero-order chi connectivity index (χ0) is 16.3. The number of nitrogens with zero attached hydrogens (tertiary/aromatic N) is 3. The van der Waals surface area contributed by atoms with Gasteiger partial charge in [-0.05, 0) is 47.1 Å². The average Bonchev–Trinajstić information content (AvgIpc) is 2.45. The summed E-state index contributed by atoms with van der Waals surface area (Å²) in [5, 5.41) is 0. The molecular formula is C16H29N3O3. The van der Waals surface area contributed by atoms with E-state index in [-0.39, 0.29) is 18.0 Å². The van der Waals surface area contributed by atoms with Crippen molar-refractivity contribution in [3.8, 4) is 0 Å². The Morgan fingerprint density at radius 1 is 1.00 bits per heavy atom. The van der Waals surface area contributed by atoms with Crippen LogP contribution in [-0.2, 0) is 9.53 Å². The molecular weight excluding hydrogens is 282 g/mol. The van der Waals surface area contributed by atoms with E-state index in [4.69, 9.17) is 4.74 Å². The fourth-order valence-corrected chi connectivity index (χ4v) is 2.96. The molecule has 2 rings (SSSR count). The van der Waals surface area contributed by atoms with Gasteiger partial charge in [0, 0.05) is 32.7 Å². The summed E-state index contributed by atoms with van der Waals surface area (Å²) < 4.78 is 5.47. The third-order valence-electron chi connectivity index (χ3n) is 4.23.